The van der Waals surface area contributed by atoms with Crippen molar-refractivity contribution in [1.29, 1.82) is 0 Å². The number of hydrogen-bond donors (Lipinski definition) is 1. The monoisotopic (exact) mass is 360 g/mol. The Hall–Kier alpha value is -3.16. The molecular weight excluding hydrogens is 339 g/mol. The van der Waals surface area contributed by atoms with Crippen LogP contribution in [0.25, 0.3) is 5.69 Å². The standard InChI is InChI=1S/C18H21FN4O3/c1-12(17(22-25-4)18(24)20-3)8-10-26-16-7-9-23(21-16)15-6-5-14(19)11-13(15)2/h5-9,11H,10H2,1-4H3,(H,20,24)/b12-8-,22-17+. The smallest absolute Gasteiger partial charge is 0.273 e. The Balaban J connectivity index is 2.05. The van der Waals surface area contributed by atoms with Gasteiger partial charge in [0.25, 0.3) is 5.91 Å². The number of amides is 1. The molecule has 2 rings (SSSR count). The first-order valence-corrected chi connectivity index (χ1v) is 7.91. The maximum Gasteiger partial charge on any atom is 0.273 e. The molecule has 7 nitrogen and oxygen atoms in total. The van der Waals surface area contributed by atoms with Gasteiger partial charge >= 0.3 is 0 Å². The first-order valence-electron chi connectivity index (χ1n) is 7.91. The molecule has 0 aliphatic heterocycles. The van der Waals surface area contributed by atoms with Gasteiger partial charge in [-0.3, -0.25) is 4.79 Å². The number of rotatable bonds is 7. The molecule has 0 radical (unpaired) electrons. The van der Waals surface area contributed by atoms with E-state index >= 15 is 0 Å². The normalized spacial score (nSPS) is 12.0. The molecule has 138 valence electrons. The third kappa shape index (κ3) is 4.69. The summed E-state index contributed by atoms with van der Waals surface area (Å²) in [6.07, 6.45) is 3.43. The van der Waals surface area contributed by atoms with Crippen molar-refractivity contribution in [2.45, 2.75) is 13.8 Å². The average Bonchev–Trinajstić information content (AvgIpc) is 3.07. The van der Waals surface area contributed by atoms with Gasteiger partial charge in [-0.05, 0) is 49.3 Å². The maximum atomic E-state index is 13.2. The summed E-state index contributed by atoms with van der Waals surface area (Å²) in [5.74, 6) is -0.236. The number of ether oxygens (including phenoxy) is 1. The molecular formula is C18H21FN4O3. The van der Waals surface area contributed by atoms with Gasteiger partial charge in [-0.25, -0.2) is 9.07 Å². The second-order valence-electron chi connectivity index (χ2n) is 5.43. The highest BCUT2D eigenvalue weighted by Crippen LogP contribution is 2.17. The molecule has 0 aliphatic carbocycles. The molecule has 8 heteroatoms. The zero-order valence-corrected chi connectivity index (χ0v) is 15.1. The lowest BCUT2D eigenvalue weighted by molar-refractivity contribution is -0.114. The largest absolute Gasteiger partial charge is 0.472 e. The molecule has 1 aromatic carbocycles. The van der Waals surface area contributed by atoms with Crippen molar-refractivity contribution >= 4 is 11.6 Å². The summed E-state index contributed by atoms with van der Waals surface area (Å²) < 4.78 is 20.4. The number of carbonyl (C=O) groups excluding carboxylic acids is 1. The maximum absolute atomic E-state index is 13.2. The van der Waals surface area contributed by atoms with Crippen molar-refractivity contribution in [3.8, 4) is 11.6 Å². The van der Waals surface area contributed by atoms with Gasteiger partial charge in [-0.2, -0.15) is 0 Å². The number of hydrogen-bond acceptors (Lipinski definition) is 5. The minimum Gasteiger partial charge on any atom is -0.472 e. The van der Waals surface area contributed by atoms with Crippen molar-refractivity contribution in [2.24, 2.45) is 5.16 Å². The number of carbonyl (C=O) groups is 1. The third-order valence-electron chi connectivity index (χ3n) is 3.59. The van der Waals surface area contributed by atoms with Gasteiger partial charge < -0.3 is 14.9 Å². The summed E-state index contributed by atoms with van der Waals surface area (Å²) in [6, 6.07) is 6.18. The zero-order chi connectivity index (χ0) is 19.1. The van der Waals surface area contributed by atoms with Gasteiger partial charge in [0, 0.05) is 19.3 Å². The molecule has 0 spiro atoms. The fraction of sp³-hybridized carbons (Fsp3) is 0.278. The topological polar surface area (TPSA) is 77.7 Å². The van der Waals surface area contributed by atoms with E-state index < -0.39 is 0 Å². The van der Waals surface area contributed by atoms with E-state index in [-0.39, 0.29) is 24.0 Å². The lowest BCUT2D eigenvalue weighted by Gasteiger charge is -2.06. The molecule has 26 heavy (non-hydrogen) atoms. The molecule has 1 heterocycles. The van der Waals surface area contributed by atoms with Crippen LogP contribution in [0.15, 0.2) is 47.3 Å². The summed E-state index contributed by atoms with van der Waals surface area (Å²) in [6.45, 7) is 3.74. The number of aryl methyl sites for hydroxylation is 1. The second-order valence-corrected chi connectivity index (χ2v) is 5.43. The third-order valence-corrected chi connectivity index (χ3v) is 3.59. The molecule has 0 saturated carbocycles. The Morgan fingerprint density at radius 3 is 2.85 bits per heavy atom. The van der Waals surface area contributed by atoms with Crippen molar-refractivity contribution in [2.75, 3.05) is 20.8 Å². The summed E-state index contributed by atoms with van der Waals surface area (Å²) in [7, 11) is 2.89. The predicted molar refractivity (Wildman–Crippen MR) is 96.0 cm³/mol. The van der Waals surface area contributed by atoms with Gasteiger partial charge in [0.15, 0.2) is 5.71 Å². The predicted octanol–water partition coefficient (Wildman–Crippen LogP) is 2.39. The van der Waals surface area contributed by atoms with Crippen LogP contribution >= 0.6 is 0 Å². The Bertz CT molecular complexity index is 843. The molecule has 0 fully saturated rings. The lowest BCUT2D eigenvalue weighted by atomic mass is 10.1. The number of oxime groups is 1. The minimum atomic E-state index is -0.350. The van der Waals surface area contributed by atoms with Gasteiger partial charge in [0.1, 0.15) is 19.5 Å². The van der Waals surface area contributed by atoms with Gasteiger partial charge in [0.2, 0.25) is 5.88 Å². The van der Waals surface area contributed by atoms with Crippen LogP contribution in [0, 0.1) is 12.7 Å². The zero-order valence-electron chi connectivity index (χ0n) is 15.1. The van der Waals surface area contributed by atoms with E-state index in [1.54, 1.807) is 36.0 Å². The molecule has 1 amide bonds. The molecule has 0 unspecified atom stereocenters. The van der Waals surface area contributed by atoms with E-state index in [2.05, 4.69) is 20.4 Å². The Morgan fingerprint density at radius 1 is 1.42 bits per heavy atom. The minimum absolute atomic E-state index is 0.172. The van der Waals surface area contributed by atoms with Crippen LogP contribution in [0.3, 0.4) is 0 Å². The molecule has 0 atom stereocenters. The molecule has 1 aromatic heterocycles. The first-order chi connectivity index (χ1) is 12.5. The molecule has 0 bridgehead atoms. The van der Waals surface area contributed by atoms with Crippen LogP contribution in [0.2, 0.25) is 0 Å². The van der Waals surface area contributed by atoms with E-state index in [0.29, 0.717) is 11.5 Å². The Kier molecular flexibility index (Phi) is 6.48. The van der Waals surface area contributed by atoms with Crippen molar-refractivity contribution in [3.05, 3.63) is 53.5 Å². The van der Waals surface area contributed by atoms with Crippen molar-refractivity contribution in [1.82, 2.24) is 15.1 Å². The van der Waals surface area contributed by atoms with E-state index in [0.717, 1.165) is 11.3 Å². The number of nitrogens with one attached hydrogen (secondary N) is 1. The van der Waals surface area contributed by atoms with Gasteiger partial charge in [-0.15, -0.1) is 5.10 Å². The highest BCUT2D eigenvalue weighted by Gasteiger charge is 2.12. The van der Waals surface area contributed by atoms with E-state index in [4.69, 9.17) is 4.74 Å². The molecule has 2 aromatic rings. The SMILES string of the molecule is CNC(=O)C(=N/OC)/C(C)=C\COc1ccn(-c2ccc(F)cc2C)n1. The van der Waals surface area contributed by atoms with Crippen LogP contribution in [-0.4, -0.2) is 42.2 Å². The van der Waals surface area contributed by atoms with Crippen LogP contribution in [0.4, 0.5) is 4.39 Å². The van der Waals surface area contributed by atoms with Gasteiger partial charge in [-0.1, -0.05) is 5.16 Å². The fourth-order valence-electron chi connectivity index (χ4n) is 2.25. The second kappa shape index (κ2) is 8.80. The van der Waals surface area contributed by atoms with Crippen molar-refractivity contribution < 1.29 is 18.8 Å². The molecule has 1 N–H and O–H groups in total. The summed E-state index contributed by atoms with van der Waals surface area (Å²) in [5, 5.41) is 10.5. The highest BCUT2D eigenvalue weighted by atomic mass is 19.1. The van der Waals surface area contributed by atoms with Crippen LogP contribution < -0.4 is 10.1 Å². The Labute approximate surface area is 151 Å². The van der Waals surface area contributed by atoms with Gasteiger partial charge in [0.05, 0.1) is 5.69 Å². The number of benzene rings is 1. The van der Waals surface area contributed by atoms with Crippen LogP contribution in [0.1, 0.15) is 12.5 Å². The van der Waals surface area contributed by atoms with E-state index in [9.17, 15) is 9.18 Å². The number of halogens is 1. The van der Waals surface area contributed by atoms with E-state index in [1.807, 2.05) is 6.92 Å². The number of aromatic nitrogens is 2. The van der Waals surface area contributed by atoms with Crippen molar-refractivity contribution in [3.63, 3.8) is 0 Å². The first kappa shape index (κ1) is 19.2. The highest BCUT2D eigenvalue weighted by molar-refractivity contribution is 6.44. The molecule has 0 aliphatic rings. The van der Waals surface area contributed by atoms with E-state index in [1.165, 1.54) is 26.3 Å². The molecule has 0 saturated heterocycles. The summed E-state index contributed by atoms with van der Waals surface area (Å²) in [4.78, 5) is 16.4. The van der Waals surface area contributed by atoms with Crippen LogP contribution in [-0.2, 0) is 9.63 Å². The lowest BCUT2D eigenvalue weighted by Crippen LogP contribution is -2.28. The Morgan fingerprint density at radius 2 is 2.19 bits per heavy atom. The van der Waals surface area contributed by atoms with Crippen LogP contribution in [0.5, 0.6) is 5.88 Å². The average molecular weight is 360 g/mol. The number of nitrogens with zero attached hydrogens (tertiary/aromatic N) is 3. The summed E-state index contributed by atoms with van der Waals surface area (Å²) in [5.41, 5.74) is 2.31. The summed E-state index contributed by atoms with van der Waals surface area (Å²) >= 11 is 0. The fourth-order valence-corrected chi connectivity index (χ4v) is 2.25. The quantitative estimate of drug-likeness (QED) is 0.607.